The van der Waals surface area contributed by atoms with E-state index >= 15 is 0 Å². The number of nitrogens with zero attached hydrogens (tertiary/aromatic N) is 4. The first-order valence-corrected chi connectivity index (χ1v) is 7.99. The number of hydrogen-bond donors (Lipinski definition) is 1. The number of benzene rings is 2. The number of amides is 1. The van der Waals surface area contributed by atoms with E-state index in [9.17, 15) is 9.59 Å². The van der Waals surface area contributed by atoms with Crippen LogP contribution in [0, 0.1) is 0 Å². The van der Waals surface area contributed by atoms with Gasteiger partial charge in [0.2, 0.25) is 0 Å². The Morgan fingerprint density at radius 1 is 1.15 bits per heavy atom. The molecule has 8 heteroatoms. The zero-order valence-corrected chi connectivity index (χ0v) is 14.1. The summed E-state index contributed by atoms with van der Waals surface area (Å²) in [4.78, 5) is 24.4. The zero-order valence-electron chi connectivity index (χ0n) is 14.1. The molecule has 0 spiro atoms. The number of hydrogen-bond acceptors (Lipinski definition) is 6. The zero-order chi connectivity index (χ0) is 18.4. The molecule has 26 heavy (non-hydrogen) atoms. The number of nitrogens with one attached hydrogen (secondary N) is 1. The summed E-state index contributed by atoms with van der Waals surface area (Å²) >= 11 is 0. The second kappa shape index (κ2) is 8.02. The predicted octanol–water partition coefficient (Wildman–Crippen LogP) is 1.52. The monoisotopic (exact) mass is 351 g/mol. The molecule has 0 saturated carbocycles. The first kappa shape index (κ1) is 17.3. The van der Waals surface area contributed by atoms with Crippen LogP contribution in [0.4, 0.5) is 0 Å². The highest BCUT2D eigenvalue weighted by Gasteiger charge is 2.19. The number of esters is 1. The number of aromatic nitrogens is 4. The average Bonchev–Trinajstić information content (AvgIpc) is 3.22. The van der Waals surface area contributed by atoms with Gasteiger partial charge in [-0.2, -0.15) is 0 Å². The van der Waals surface area contributed by atoms with Gasteiger partial charge in [0.05, 0.1) is 11.3 Å². The number of rotatable bonds is 6. The van der Waals surface area contributed by atoms with Crippen LogP contribution in [0.3, 0.4) is 0 Å². The third kappa shape index (κ3) is 4.29. The Kier molecular flexibility index (Phi) is 5.33. The van der Waals surface area contributed by atoms with Gasteiger partial charge in [-0.25, -0.2) is 9.48 Å². The molecule has 0 aliphatic carbocycles. The molecule has 3 aromatic rings. The standard InChI is InChI=1S/C18H17N5O3/c1-13(17(24)19-11-14-6-3-2-4-7-14)26-18(25)15-8-5-9-16(10-15)23-12-20-21-22-23/h2-10,12-13H,11H2,1H3,(H,19,24)/t13-/m1/s1. The highest BCUT2D eigenvalue weighted by molar-refractivity contribution is 5.92. The molecule has 0 fully saturated rings. The summed E-state index contributed by atoms with van der Waals surface area (Å²) in [5.74, 6) is -0.957. The molecule has 3 rings (SSSR count). The molecular weight excluding hydrogens is 334 g/mol. The van der Waals surface area contributed by atoms with Crippen LogP contribution in [-0.4, -0.2) is 38.2 Å². The molecule has 0 radical (unpaired) electrons. The van der Waals surface area contributed by atoms with Crippen molar-refractivity contribution in [2.24, 2.45) is 0 Å². The van der Waals surface area contributed by atoms with Crippen LogP contribution in [0.2, 0.25) is 0 Å². The third-order valence-corrected chi connectivity index (χ3v) is 3.66. The molecule has 1 aromatic heterocycles. The van der Waals surface area contributed by atoms with Gasteiger partial charge in [-0.3, -0.25) is 4.79 Å². The summed E-state index contributed by atoms with van der Waals surface area (Å²) in [6, 6.07) is 16.1. The van der Waals surface area contributed by atoms with E-state index in [1.165, 1.54) is 17.9 Å². The third-order valence-electron chi connectivity index (χ3n) is 3.66. The van der Waals surface area contributed by atoms with Gasteiger partial charge in [0.25, 0.3) is 5.91 Å². The summed E-state index contributed by atoms with van der Waals surface area (Å²) < 4.78 is 6.67. The second-order valence-corrected chi connectivity index (χ2v) is 5.56. The van der Waals surface area contributed by atoms with Crippen molar-refractivity contribution < 1.29 is 14.3 Å². The van der Waals surface area contributed by atoms with Crippen molar-refractivity contribution in [1.82, 2.24) is 25.5 Å². The lowest BCUT2D eigenvalue weighted by Gasteiger charge is -2.14. The van der Waals surface area contributed by atoms with Crippen molar-refractivity contribution in [3.63, 3.8) is 0 Å². The number of ether oxygens (including phenoxy) is 1. The molecule has 0 aliphatic heterocycles. The molecular formula is C18H17N5O3. The predicted molar refractivity (Wildman–Crippen MR) is 92.3 cm³/mol. The van der Waals surface area contributed by atoms with Gasteiger partial charge in [-0.1, -0.05) is 36.4 Å². The van der Waals surface area contributed by atoms with Crippen LogP contribution in [-0.2, 0) is 16.1 Å². The van der Waals surface area contributed by atoms with E-state index < -0.39 is 12.1 Å². The van der Waals surface area contributed by atoms with Crippen LogP contribution in [0.25, 0.3) is 5.69 Å². The van der Waals surface area contributed by atoms with Crippen LogP contribution in [0.15, 0.2) is 60.9 Å². The fourth-order valence-corrected chi connectivity index (χ4v) is 2.27. The summed E-state index contributed by atoms with van der Waals surface area (Å²) in [6.45, 7) is 1.90. The Bertz CT molecular complexity index is 881. The van der Waals surface area contributed by atoms with E-state index in [0.717, 1.165) is 5.56 Å². The topological polar surface area (TPSA) is 99.0 Å². The Hall–Kier alpha value is -3.55. The van der Waals surface area contributed by atoms with Crippen molar-refractivity contribution in [2.45, 2.75) is 19.6 Å². The van der Waals surface area contributed by atoms with E-state index in [-0.39, 0.29) is 5.91 Å². The molecule has 0 unspecified atom stereocenters. The highest BCUT2D eigenvalue weighted by Crippen LogP contribution is 2.11. The van der Waals surface area contributed by atoms with E-state index in [1.54, 1.807) is 24.3 Å². The SMILES string of the molecule is C[C@@H](OC(=O)c1cccc(-n2cnnn2)c1)C(=O)NCc1ccccc1. The minimum Gasteiger partial charge on any atom is -0.449 e. The minimum atomic E-state index is -0.914. The minimum absolute atomic E-state index is 0.306. The summed E-state index contributed by atoms with van der Waals surface area (Å²) in [6.07, 6.45) is 0.507. The van der Waals surface area contributed by atoms with E-state index in [0.29, 0.717) is 17.8 Å². The van der Waals surface area contributed by atoms with E-state index in [2.05, 4.69) is 20.8 Å². The molecule has 8 nitrogen and oxygen atoms in total. The second-order valence-electron chi connectivity index (χ2n) is 5.56. The smallest absolute Gasteiger partial charge is 0.338 e. The lowest BCUT2D eigenvalue weighted by Crippen LogP contribution is -2.35. The molecule has 1 amide bonds. The van der Waals surface area contributed by atoms with Crippen LogP contribution >= 0.6 is 0 Å². The molecule has 1 N–H and O–H groups in total. The summed E-state index contributed by atoms with van der Waals surface area (Å²) in [7, 11) is 0. The highest BCUT2D eigenvalue weighted by atomic mass is 16.5. The number of carbonyl (C=O) groups excluding carboxylic acids is 2. The van der Waals surface area contributed by atoms with E-state index in [1.807, 2.05) is 30.3 Å². The van der Waals surface area contributed by atoms with Gasteiger partial charge in [0.15, 0.2) is 6.10 Å². The lowest BCUT2D eigenvalue weighted by molar-refractivity contribution is -0.129. The maximum atomic E-state index is 12.3. The number of tetrazole rings is 1. The lowest BCUT2D eigenvalue weighted by atomic mass is 10.2. The van der Waals surface area contributed by atoms with Gasteiger partial charge in [-0.15, -0.1) is 5.10 Å². The molecule has 2 aromatic carbocycles. The van der Waals surface area contributed by atoms with Crippen molar-refractivity contribution in [1.29, 1.82) is 0 Å². The summed E-state index contributed by atoms with van der Waals surface area (Å²) in [5.41, 5.74) is 1.89. The first-order valence-electron chi connectivity index (χ1n) is 7.99. The van der Waals surface area contributed by atoms with Gasteiger partial charge in [0.1, 0.15) is 6.33 Å². The maximum absolute atomic E-state index is 12.3. The molecule has 0 saturated heterocycles. The van der Waals surface area contributed by atoms with Crippen LogP contribution in [0.5, 0.6) is 0 Å². The van der Waals surface area contributed by atoms with Gasteiger partial charge < -0.3 is 10.1 Å². The van der Waals surface area contributed by atoms with Gasteiger partial charge >= 0.3 is 5.97 Å². The fraction of sp³-hybridized carbons (Fsp3) is 0.167. The van der Waals surface area contributed by atoms with Gasteiger partial charge in [0, 0.05) is 6.54 Å². The molecule has 0 aliphatic rings. The van der Waals surface area contributed by atoms with Crippen LogP contribution < -0.4 is 5.32 Å². The number of carbonyl (C=O) groups is 2. The Morgan fingerprint density at radius 2 is 1.96 bits per heavy atom. The largest absolute Gasteiger partial charge is 0.449 e. The maximum Gasteiger partial charge on any atom is 0.338 e. The normalized spacial score (nSPS) is 11.6. The molecule has 1 heterocycles. The van der Waals surface area contributed by atoms with Crippen molar-refractivity contribution in [3.8, 4) is 5.69 Å². The quantitative estimate of drug-likeness (QED) is 0.676. The van der Waals surface area contributed by atoms with Gasteiger partial charge in [-0.05, 0) is 41.1 Å². The molecule has 0 bridgehead atoms. The van der Waals surface area contributed by atoms with Crippen LogP contribution in [0.1, 0.15) is 22.8 Å². The molecule has 1 atom stereocenters. The Labute approximate surface area is 149 Å². The average molecular weight is 351 g/mol. The fourth-order valence-electron chi connectivity index (χ4n) is 2.27. The Morgan fingerprint density at radius 3 is 2.69 bits per heavy atom. The summed E-state index contributed by atoms with van der Waals surface area (Å²) in [5, 5.41) is 13.6. The Balaban J connectivity index is 1.58. The van der Waals surface area contributed by atoms with Crippen molar-refractivity contribution in [2.75, 3.05) is 0 Å². The van der Waals surface area contributed by atoms with Crippen molar-refractivity contribution in [3.05, 3.63) is 72.1 Å². The van der Waals surface area contributed by atoms with E-state index in [4.69, 9.17) is 4.74 Å². The first-order chi connectivity index (χ1) is 12.6. The molecule has 132 valence electrons. The van der Waals surface area contributed by atoms with Crippen molar-refractivity contribution >= 4 is 11.9 Å².